The van der Waals surface area contributed by atoms with Crippen LogP contribution in [-0.4, -0.2) is 25.6 Å². The number of rotatable bonds is 8. The van der Waals surface area contributed by atoms with Crippen molar-refractivity contribution in [3.05, 3.63) is 29.8 Å². The molecule has 0 bridgehead atoms. The molecular formula is C14H21F3N2O2. The quantitative estimate of drug-likeness (QED) is 0.573. The summed E-state index contributed by atoms with van der Waals surface area (Å²) in [5.41, 5.74) is 3.60. The summed E-state index contributed by atoms with van der Waals surface area (Å²) in [5, 5.41) is 0. The molecule has 0 heterocycles. The standard InChI is InChI=1S/C14H21F3N2O2/c1-10(20-2)3-6-12(19-18)9-11-4-7-13(8-5-11)21-14(15,16)17/h4-5,7-8,10,12,19H,3,6,9,18H2,1-2H3. The molecule has 21 heavy (non-hydrogen) atoms. The zero-order valence-corrected chi connectivity index (χ0v) is 12.1. The highest BCUT2D eigenvalue weighted by Gasteiger charge is 2.30. The van der Waals surface area contributed by atoms with E-state index in [1.165, 1.54) is 12.1 Å². The van der Waals surface area contributed by atoms with Crippen LogP contribution in [0.3, 0.4) is 0 Å². The van der Waals surface area contributed by atoms with Crippen molar-refractivity contribution in [2.75, 3.05) is 7.11 Å². The van der Waals surface area contributed by atoms with E-state index in [4.69, 9.17) is 10.6 Å². The maximum atomic E-state index is 12.1. The highest BCUT2D eigenvalue weighted by Crippen LogP contribution is 2.23. The summed E-state index contributed by atoms with van der Waals surface area (Å²) in [4.78, 5) is 0. The lowest BCUT2D eigenvalue weighted by Crippen LogP contribution is -2.37. The van der Waals surface area contributed by atoms with Gasteiger partial charge in [-0.05, 0) is 43.9 Å². The minimum Gasteiger partial charge on any atom is -0.406 e. The first-order chi connectivity index (χ1) is 9.84. The largest absolute Gasteiger partial charge is 0.573 e. The third-order valence-electron chi connectivity index (χ3n) is 3.20. The van der Waals surface area contributed by atoms with Crippen molar-refractivity contribution in [3.63, 3.8) is 0 Å². The molecule has 0 aromatic heterocycles. The van der Waals surface area contributed by atoms with Crippen molar-refractivity contribution in [3.8, 4) is 5.75 Å². The van der Waals surface area contributed by atoms with Gasteiger partial charge in [-0.25, -0.2) is 0 Å². The van der Waals surface area contributed by atoms with Crippen LogP contribution in [0.4, 0.5) is 13.2 Å². The van der Waals surface area contributed by atoms with Crippen molar-refractivity contribution < 1.29 is 22.6 Å². The number of nitrogens with two attached hydrogens (primary N) is 1. The minimum absolute atomic E-state index is 0.0389. The van der Waals surface area contributed by atoms with E-state index in [2.05, 4.69) is 10.2 Å². The van der Waals surface area contributed by atoms with Crippen LogP contribution < -0.4 is 16.0 Å². The Labute approximate surface area is 122 Å². The summed E-state index contributed by atoms with van der Waals surface area (Å²) in [7, 11) is 1.65. The van der Waals surface area contributed by atoms with Gasteiger partial charge in [-0.1, -0.05) is 12.1 Å². The Balaban J connectivity index is 2.53. The average Bonchev–Trinajstić information content (AvgIpc) is 2.43. The van der Waals surface area contributed by atoms with Crippen LogP contribution in [0.15, 0.2) is 24.3 Å². The van der Waals surface area contributed by atoms with Crippen LogP contribution in [0.1, 0.15) is 25.3 Å². The fraction of sp³-hybridized carbons (Fsp3) is 0.571. The lowest BCUT2D eigenvalue weighted by atomic mass is 10.0. The van der Waals surface area contributed by atoms with Crippen LogP contribution in [0, 0.1) is 0 Å². The second-order valence-corrected chi connectivity index (χ2v) is 4.88. The molecule has 0 aliphatic rings. The van der Waals surface area contributed by atoms with E-state index >= 15 is 0 Å². The monoisotopic (exact) mass is 306 g/mol. The van der Waals surface area contributed by atoms with E-state index in [1.807, 2.05) is 6.92 Å². The summed E-state index contributed by atoms with van der Waals surface area (Å²) < 4.78 is 45.2. The minimum atomic E-state index is -4.67. The highest BCUT2D eigenvalue weighted by molar-refractivity contribution is 5.27. The fourth-order valence-corrected chi connectivity index (χ4v) is 1.91. The molecule has 2 unspecified atom stereocenters. The lowest BCUT2D eigenvalue weighted by Gasteiger charge is -2.18. The maximum Gasteiger partial charge on any atom is 0.573 e. The number of nitrogens with one attached hydrogen (secondary N) is 1. The van der Waals surface area contributed by atoms with Gasteiger partial charge >= 0.3 is 6.36 Å². The first-order valence-electron chi connectivity index (χ1n) is 6.67. The maximum absolute atomic E-state index is 12.1. The molecule has 0 saturated heterocycles. The van der Waals surface area contributed by atoms with E-state index < -0.39 is 6.36 Å². The smallest absolute Gasteiger partial charge is 0.406 e. The third kappa shape index (κ3) is 7.31. The Morgan fingerprint density at radius 1 is 1.19 bits per heavy atom. The zero-order chi connectivity index (χ0) is 15.9. The molecule has 120 valence electrons. The zero-order valence-electron chi connectivity index (χ0n) is 12.1. The van der Waals surface area contributed by atoms with Gasteiger partial charge < -0.3 is 9.47 Å². The summed E-state index contributed by atoms with van der Waals surface area (Å²) in [5.74, 6) is 5.27. The van der Waals surface area contributed by atoms with Gasteiger partial charge in [0.15, 0.2) is 0 Å². The number of halogens is 3. The average molecular weight is 306 g/mol. The summed E-state index contributed by atoms with van der Waals surface area (Å²) in [6.07, 6.45) is -2.24. The Hall–Kier alpha value is -1.31. The summed E-state index contributed by atoms with van der Waals surface area (Å²) in [6, 6.07) is 5.84. The number of alkyl halides is 3. The van der Waals surface area contributed by atoms with E-state index in [0.717, 1.165) is 18.4 Å². The molecule has 2 atom stereocenters. The first kappa shape index (κ1) is 17.7. The van der Waals surface area contributed by atoms with Crippen molar-refractivity contribution in [1.29, 1.82) is 0 Å². The van der Waals surface area contributed by atoms with Crippen LogP contribution in [0.5, 0.6) is 5.75 Å². The normalized spacial score (nSPS) is 14.8. The third-order valence-corrected chi connectivity index (χ3v) is 3.20. The number of hydrogen-bond donors (Lipinski definition) is 2. The molecule has 0 aliphatic heterocycles. The van der Waals surface area contributed by atoms with Gasteiger partial charge in [0.25, 0.3) is 0 Å². The van der Waals surface area contributed by atoms with E-state index in [9.17, 15) is 13.2 Å². The van der Waals surface area contributed by atoms with Gasteiger partial charge in [-0.15, -0.1) is 13.2 Å². The molecule has 0 fully saturated rings. The molecule has 0 spiro atoms. The SMILES string of the molecule is COC(C)CCC(Cc1ccc(OC(F)(F)F)cc1)NN. The molecule has 0 amide bonds. The molecule has 0 aliphatic carbocycles. The fourth-order valence-electron chi connectivity index (χ4n) is 1.91. The van der Waals surface area contributed by atoms with E-state index in [-0.39, 0.29) is 17.9 Å². The van der Waals surface area contributed by atoms with Gasteiger partial charge in [0.05, 0.1) is 6.10 Å². The number of methoxy groups -OCH3 is 1. The molecule has 1 aromatic rings. The second kappa shape index (κ2) is 8.21. The van der Waals surface area contributed by atoms with Gasteiger partial charge in [0, 0.05) is 13.2 Å². The van der Waals surface area contributed by atoms with Crippen LogP contribution in [0.2, 0.25) is 0 Å². The predicted molar refractivity (Wildman–Crippen MR) is 73.6 cm³/mol. The Morgan fingerprint density at radius 3 is 2.29 bits per heavy atom. The molecule has 1 rings (SSSR count). The van der Waals surface area contributed by atoms with Crippen LogP contribution in [0.25, 0.3) is 0 Å². The van der Waals surface area contributed by atoms with E-state index in [0.29, 0.717) is 6.42 Å². The Bertz CT molecular complexity index is 410. The predicted octanol–water partition coefficient (Wildman–Crippen LogP) is 2.77. The first-order valence-corrected chi connectivity index (χ1v) is 6.67. The van der Waals surface area contributed by atoms with Crippen molar-refractivity contribution >= 4 is 0 Å². The topological polar surface area (TPSA) is 56.5 Å². The lowest BCUT2D eigenvalue weighted by molar-refractivity contribution is -0.274. The number of hydrazine groups is 1. The summed E-state index contributed by atoms with van der Waals surface area (Å²) >= 11 is 0. The van der Waals surface area contributed by atoms with Crippen molar-refractivity contribution in [1.82, 2.24) is 5.43 Å². The molecule has 3 N–H and O–H groups in total. The Kier molecular flexibility index (Phi) is 6.94. The molecular weight excluding hydrogens is 285 g/mol. The van der Waals surface area contributed by atoms with Crippen LogP contribution in [-0.2, 0) is 11.2 Å². The number of benzene rings is 1. The Morgan fingerprint density at radius 2 is 1.81 bits per heavy atom. The number of ether oxygens (including phenoxy) is 2. The molecule has 1 aromatic carbocycles. The van der Waals surface area contributed by atoms with Crippen molar-refractivity contribution in [2.24, 2.45) is 5.84 Å². The molecule has 0 radical (unpaired) electrons. The van der Waals surface area contributed by atoms with Crippen molar-refractivity contribution in [2.45, 2.75) is 44.7 Å². The van der Waals surface area contributed by atoms with Gasteiger partial charge in [-0.2, -0.15) is 0 Å². The highest BCUT2D eigenvalue weighted by atomic mass is 19.4. The van der Waals surface area contributed by atoms with Crippen LogP contribution >= 0.6 is 0 Å². The molecule has 4 nitrogen and oxygen atoms in total. The number of hydrogen-bond acceptors (Lipinski definition) is 4. The van der Waals surface area contributed by atoms with Gasteiger partial charge in [0.2, 0.25) is 0 Å². The summed E-state index contributed by atoms with van der Waals surface area (Å²) in [6.45, 7) is 1.97. The molecule has 0 saturated carbocycles. The molecule has 7 heteroatoms. The van der Waals surface area contributed by atoms with Gasteiger partial charge in [0.1, 0.15) is 5.75 Å². The van der Waals surface area contributed by atoms with E-state index in [1.54, 1.807) is 19.2 Å². The van der Waals surface area contributed by atoms with Gasteiger partial charge in [-0.3, -0.25) is 11.3 Å². The second-order valence-electron chi connectivity index (χ2n) is 4.88.